The predicted octanol–water partition coefficient (Wildman–Crippen LogP) is 2.71. The first-order chi connectivity index (χ1) is 12.0. The molecule has 3 rings (SSSR count). The van der Waals surface area contributed by atoms with Gasteiger partial charge in [0.1, 0.15) is 0 Å². The molecule has 0 aliphatic carbocycles. The van der Waals surface area contributed by atoms with Crippen molar-refractivity contribution in [1.82, 2.24) is 7.59 Å². The zero-order valence-corrected chi connectivity index (χ0v) is 17.8. The van der Waals surface area contributed by atoms with Crippen molar-refractivity contribution in [3.05, 3.63) is 52.3 Å². The van der Waals surface area contributed by atoms with E-state index >= 15 is 0 Å². The minimum absolute atomic E-state index is 0.00886. The Morgan fingerprint density at radius 1 is 1.28 bits per heavy atom. The van der Waals surface area contributed by atoms with Gasteiger partial charge in [0, 0.05) is 0 Å². The van der Waals surface area contributed by atoms with Crippen LogP contribution in [-0.2, 0) is 4.74 Å². The first kappa shape index (κ1) is 17.7. The number of nitrogens with zero attached hydrogens (tertiary/aromatic N) is 3. The number of nitro groups is 1. The Hall–Kier alpha value is -2.08. The van der Waals surface area contributed by atoms with Crippen molar-refractivity contribution in [2.45, 2.75) is 0 Å². The number of aromatic nitrogens is 2. The van der Waals surface area contributed by atoms with E-state index in [-0.39, 0.29) is 18.0 Å². The second-order valence-electron chi connectivity index (χ2n) is 5.24. The van der Waals surface area contributed by atoms with Crippen molar-refractivity contribution in [1.29, 1.82) is 0 Å². The summed E-state index contributed by atoms with van der Waals surface area (Å²) in [5.74, 6) is -0.388. The van der Waals surface area contributed by atoms with E-state index in [0.29, 0.717) is 49.3 Å². The molecule has 25 heavy (non-hydrogen) atoms. The number of rotatable bonds is 6. The van der Waals surface area contributed by atoms with Crippen LogP contribution < -0.4 is 4.74 Å². The number of hydrogen-bond acceptors (Lipinski definition) is 5. The van der Waals surface area contributed by atoms with Gasteiger partial charge in [-0.2, -0.15) is 0 Å². The summed E-state index contributed by atoms with van der Waals surface area (Å²) in [4.78, 5) is 10.6. The molecule has 0 saturated heterocycles. The van der Waals surface area contributed by atoms with Crippen LogP contribution in [0.2, 0.25) is 0 Å². The molecule has 1 heterocycles. The van der Waals surface area contributed by atoms with Gasteiger partial charge >= 0.3 is 159 Å². The molecule has 1 aromatic heterocycles. The molecule has 0 radical (unpaired) electrons. The van der Waals surface area contributed by atoms with Crippen LogP contribution in [0.3, 0.4) is 0 Å². The van der Waals surface area contributed by atoms with Gasteiger partial charge in [-0.05, 0) is 0 Å². The van der Waals surface area contributed by atoms with Crippen molar-refractivity contribution in [2.24, 2.45) is 0 Å². The molecule has 126 valence electrons. The van der Waals surface area contributed by atoms with Gasteiger partial charge in [-0.15, -0.1) is 0 Å². The van der Waals surface area contributed by atoms with Crippen LogP contribution >= 0.6 is 0 Å². The monoisotopic (exact) mass is 535 g/mol. The molecule has 0 fully saturated rings. The van der Waals surface area contributed by atoms with Crippen LogP contribution in [0.1, 0.15) is 0 Å². The molecule has 7 nitrogen and oxygen atoms in total. The van der Waals surface area contributed by atoms with E-state index in [2.05, 4.69) is 5.10 Å². The summed E-state index contributed by atoms with van der Waals surface area (Å²) in [6, 6.07) is 9.07. The van der Waals surface area contributed by atoms with E-state index in [1.54, 1.807) is 20.7 Å². The Kier molecular flexibility index (Phi) is 5.28. The molecule has 2 aromatic carbocycles. The van der Waals surface area contributed by atoms with Gasteiger partial charge in [0.15, 0.2) is 0 Å². The summed E-state index contributed by atoms with van der Waals surface area (Å²) in [6.45, 7) is 0.564. The number of ether oxygens (including phenoxy) is 2. The van der Waals surface area contributed by atoms with E-state index < -0.39 is 10.7 Å². The number of fused-ring (bicyclic) bond motifs is 1. The molecule has 3 aromatic rings. The number of non-ortho nitro benzene ring substituents is 1. The molecule has 9 heteroatoms. The van der Waals surface area contributed by atoms with Gasteiger partial charge in [0.25, 0.3) is 0 Å². The Balaban J connectivity index is 2.08. The van der Waals surface area contributed by atoms with E-state index in [1.165, 1.54) is 25.3 Å². The third-order valence-electron chi connectivity index (χ3n) is 3.65. The van der Waals surface area contributed by atoms with Gasteiger partial charge in [0.2, 0.25) is 0 Å². The van der Waals surface area contributed by atoms with Crippen LogP contribution in [0.5, 0.6) is 5.75 Å². The summed E-state index contributed by atoms with van der Waals surface area (Å²) in [7, 11) is 1.54. The summed E-state index contributed by atoms with van der Waals surface area (Å²) in [6.07, 6.45) is 0. The third kappa shape index (κ3) is 3.64. The van der Waals surface area contributed by atoms with Crippen molar-refractivity contribution >= 4 is 42.7 Å². The van der Waals surface area contributed by atoms with Crippen molar-refractivity contribution < 1.29 is 18.8 Å². The summed E-state index contributed by atoms with van der Waals surface area (Å²) < 4.78 is 26.0. The first-order valence-corrected chi connectivity index (χ1v) is 9.36. The van der Waals surface area contributed by atoms with Gasteiger partial charge in [0.05, 0.1) is 0 Å². The Labute approximate surface area is 158 Å². The fourth-order valence-corrected chi connectivity index (χ4v) is 3.78. The molecule has 0 bridgehead atoms. The number of nitro benzene ring substituents is 1. The van der Waals surface area contributed by atoms with Crippen LogP contribution in [0.25, 0.3) is 22.2 Å². The normalized spacial score (nSPS) is 10.9. The van der Waals surface area contributed by atoms with E-state index in [4.69, 9.17) is 9.47 Å². The summed E-state index contributed by atoms with van der Waals surface area (Å²) in [5.41, 5.74) is 2.01. The average molecular weight is 535 g/mol. The van der Waals surface area contributed by atoms with E-state index in [1.807, 2.05) is 0 Å². The first-order valence-electron chi connectivity index (χ1n) is 7.35. The van der Waals surface area contributed by atoms with Crippen LogP contribution in [0.4, 0.5) is 10.1 Å². The average Bonchev–Trinajstić information content (AvgIpc) is 2.93. The Bertz CT molecular complexity index is 945. The van der Waals surface area contributed by atoms with Crippen molar-refractivity contribution in [2.75, 3.05) is 20.3 Å². The SMILES string of the molecule is COCCOc1cc(-c2n[n]([Tl])c3ccc([N+](=O)[O-])cc23)ccc1F. The topological polar surface area (TPSA) is 79.4 Å². The number of benzene rings is 2. The number of hydrogen-bond donors (Lipinski definition) is 0. The molecule has 0 N–H and O–H groups in total. The third-order valence-corrected chi connectivity index (χ3v) is 5.18. The predicted molar refractivity (Wildman–Crippen MR) is 90.3 cm³/mol. The minimum atomic E-state index is -0.484. The zero-order chi connectivity index (χ0) is 18.0. The van der Waals surface area contributed by atoms with E-state index in [0.717, 1.165) is 5.52 Å². The summed E-state index contributed by atoms with van der Waals surface area (Å²) in [5, 5.41) is 16.2. The fourth-order valence-electron chi connectivity index (χ4n) is 2.45. The quantitative estimate of drug-likeness (QED) is 0.210. The number of methoxy groups -OCH3 is 1. The zero-order valence-electron chi connectivity index (χ0n) is 13.3. The molecule has 0 unspecified atom stereocenters. The van der Waals surface area contributed by atoms with Gasteiger partial charge in [-0.25, -0.2) is 0 Å². The molecule has 0 saturated carbocycles. The van der Waals surface area contributed by atoms with Crippen LogP contribution in [-0.4, -0.2) is 58.9 Å². The number of halogens is 1. The van der Waals surface area contributed by atoms with E-state index in [9.17, 15) is 14.5 Å². The fraction of sp³-hybridized carbons (Fsp3) is 0.188. The van der Waals surface area contributed by atoms with Gasteiger partial charge in [-0.3, -0.25) is 0 Å². The Morgan fingerprint density at radius 3 is 2.80 bits per heavy atom. The molecule has 0 spiro atoms. The molecular weight excluding hydrogens is 522 g/mol. The van der Waals surface area contributed by atoms with Crippen LogP contribution in [0.15, 0.2) is 36.4 Å². The van der Waals surface area contributed by atoms with Crippen LogP contribution in [0, 0.1) is 15.9 Å². The maximum absolute atomic E-state index is 13.9. The molecule has 0 atom stereocenters. The standard InChI is InChI=1S/C16H13FN3O4.Tl/c1-23-6-7-24-15-8-10(2-4-13(15)17)16-12-9-11(20(21)22)3-5-14(12)18-19-16;/h2-5,8-9H,6-7H2,1H3;/q-1;+1. The van der Waals surface area contributed by atoms with Gasteiger partial charge in [-0.1, -0.05) is 0 Å². The van der Waals surface area contributed by atoms with Crippen molar-refractivity contribution in [3.63, 3.8) is 0 Å². The molecule has 0 aliphatic rings. The molecule has 0 amide bonds. The maximum atomic E-state index is 13.9. The van der Waals surface area contributed by atoms with Gasteiger partial charge < -0.3 is 0 Å². The van der Waals surface area contributed by atoms with Crippen molar-refractivity contribution in [3.8, 4) is 17.0 Å². The summed E-state index contributed by atoms with van der Waals surface area (Å²) >= 11 is 0.389. The molecular formula is C16H13FN3O4Tl. The second-order valence-corrected chi connectivity index (χ2v) is 7.14. The second kappa shape index (κ2) is 7.44. The Morgan fingerprint density at radius 2 is 2.08 bits per heavy atom. The molecule has 0 aliphatic heterocycles.